The fourth-order valence-corrected chi connectivity index (χ4v) is 4.98. The zero-order valence-corrected chi connectivity index (χ0v) is 19.9. The molecule has 2 heterocycles. The minimum atomic E-state index is -0.125. The van der Waals surface area contributed by atoms with E-state index in [0.29, 0.717) is 28.1 Å². The highest BCUT2D eigenvalue weighted by molar-refractivity contribution is 7.99. The molecule has 0 unspecified atom stereocenters. The number of carbonyl (C=O) groups excluding carboxylic acids is 1. The molecule has 4 aromatic rings. The summed E-state index contributed by atoms with van der Waals surface area (Å²) < 4.78 is 6.48. The maximum atomic E-state index is 12.5. The number of hydrogen-bond acceptors (Lipinski definition) is 7. The lowest BCUT2D eigenvalue weighted by Crippen LogP contribution is -2.12. The van der Waals surface area contributed by atoms with Gasteiger partial charge < -0.3 is 10.1 Å². The van der Waals surface area contributed by atoms with Crippen molar-refractivity contribution in [2.24, 2.45) is 0 Å². The van der Waals surface area contributed by atoms with Gasteiger partial charge >= 0.3 is 0 Å². The van der Waals surface area contributed by atoms with E-state index < -0.39 is 0 Å². The third-order valence-corrected chi connectivity index (χ3v) is 6.74. The SMILES string of the molecule is CCOc1ccc2nc(NC(=O)CCSc3nc(-c4ccc(C)cc4)ccc3C#N)sc2c1. The summed E-state index contributed by atoms with van der Waals surface area (Å²) in [7, 11) is 0. The van der Waals surface area contributed by atoms with Crippen molar-refractivity contribution < 1.29 is 9.53 Å². The maximum Gasteiger partial charge on any atom is 0.226 e. The van der Waals surface area contributed by atoms with Gasteiger partial charge in [-0.15, -0.1) is 11.8 Å². The second-order valence-corrected chi connectivity index (χ2v) is 9.37. The summed E-state index contributed by atoms with van der Waals surface area (Å²) in [6, 6.07) is 19.6. The normalized spacial score (nSPS) is 10.7. The van der Waals surface area contributed by atoms with Crippen molar-refractivity contribution in [2.45, 2.75) is 25.3 Å². The Kier molecular flexibility index (Phi) is 7.23. The number of fused-ring (bicyclic) bond motifs is 1. The summed E-state index contributed by atoms with van der Waals surface area (Å²) in [5.41, 5.74) is 4.31. The quantitative estimate of drug-likeness (QED) is 0.312. The molecule has 0 saturated heterocycles. The van der Waals surface area contributed by atoms with Gasteiger partial charge in [-0.1, -0.05) is 41.2 Å². The van der Waals surface area contributed by atoms with E-state index in [1.54, 1.807) is 6.07 Å². The lowest BCUT2D eigenvalue weighted by atomic mass is 10.1. The third-order valence-electron chi connectivity index (χ3n) is 4.81. The first-order chi connectivity index (χ1) is 16.1. The summed E-state index contributed by atoms with van der Waals surface area (Å²) >= 11 is 2.82. The lowest BCUT2D eigenvalue weighted by Gasteiger charge is -2.07. The highest BCUT2D eigenvalue weighted by atomic mass is 32.2. The first-order valence-corrected chi connectivity index (χ1v) is 12.3. The Labute approximate surface area is 200 Å². The summed E-state index contributed by atoms with van der Waals surface area (Å²) in [4.78, 5) is 21.6. The molecule has 2 aromatic carbocycles. The van der Waals surface area contributed by atoms with Crippen molar-refractivity contribution in [3.63, 3.8) is 0 Å². The van der Waals surface area contributed by atoms with Gasteiger partial charge in [0.2, 0.25) is 5.91 Å². The molecule has 0 atom stereocenters. The number of nitriles is 1. The molecule has 0 saturated carbocycles. The lowest BCUT2D eigenvalue weighted by molar-refractivity contribution is -0.115. The number of pyridine rings is 1. The molecule has 0 fully saturated rings. The van der Waals surface area contributed by atoms with Gasteiger partial charge in [-0.3, -0.25) is 4.79 Å². The fraction of sp³-hybridized carbons (Fsp3) is 0.200. The second kappa shape index (κ2) is 10.5. The van der Waals surface area contributed by atoms with Crippen LogP contribution in [0.15, 0.2) is 59.6 Å². The van der Waals surface area contributed by atoms with Crippen LogP contribution in [-0.2, 0) is 4.79 Å². The maximum absolute atomic E-state index is 12.5. The van der Waals surface area contributed by atoms with E-state index in [9.17, 15) is 10.1 Å². The number of nitrogens with zero attached hydrogens (tertiary/aromatic N) is 3. The van der Waals surface area contributed by atoms with Gasteiger partial charge in [0, 0.05) is 17.7 Å². The monoisotopic (exact) mass is 474 g/mol. The second-order valence-electron chi connectivity index (χ2n) is 7.26. The molecule has 166 valence electrons. The molecular formula is C25H22N4O2S2. The number of amides is 1. The zero-order valence-electron chi connectivity index (χ0n) is 18.3. The van der Waals surface area contributed by atoms with E-state index in [1.807, 2.05) is 62.4 Å². The van der Waals surface area contributed by atoms with E-state index in [2.05, 4.69) is 21.4 Å². The van der Waals surface area contributed by atoms with Crippen molar-refractivity contribution >= 4 is 44.4 Å². The van der Waals surface area contributed by atoms with Gasteiger partial charge in [0.25, 0.3) is 0 Å². The summed E-state index contributed by atoms with van der Waals surface area (Å²) in [6.45, 7) is 4.57. The molecule has 8 heteroatoms. The fourth-order valence-electron chi connectivity index (χ4n) is 3.16. The van der Waals surface area contributed by atoms with E-state index in [0.717, 1.165) is 27.2 Å². The first kappa shape index (κ1) is 22.8. The molecule has 0 aliphatic rings. The number of nitrogens with one attached hydrogen (secondary N) is 1. The van der Waals surface area contributed by atoms with Crippen LogP contribution in [-0.4, -0.2) is 28.2 Å². The molecule has 0 spiro atoms. The highest BCUT2D eigenvalue weighted by Crippen LogP contribution is 2.30. The number of anilines is 1. The largest absolute Gasteiger partial charge is 0.494 e. The molecule has 0 aliphatic heterocycles. The predicted molar refractivity (Wildman–Crippen MR) is 134 cm³/mol. The highest BCUT2D eigenvalue weighted by Gasteiger charge is 2.12. The Balaban J connectivity index is 1.38. The first-order valence-electron chi connectivity index (χ1n) is 10.5. The van der Waals surface area contributed by atoms with Crippen LogP contribution in [0.4, 0.5) is 5.13 Å². The molecule has 6 nitrogen and oxygen atoms in total. The van der Waals surface area contributed by atoms with Gasteiger partial charge in [0.1, 0.15) is 16.8 Å². The Morgan fingerprint density at radius 2 is 1.97 bits per heavy atom. The Morgan fingerprint density at radius 1 is 1.15 bits per heavy atom. The van der Waals surface area contributed by atoms with Crippen LogP contribution in [0, 0.1) is 18.3 Å². The average molecular weight is 475 g/mol. The molecule has 0 radical (unpaired) electrons. The summed E-state index contributed by atoms with van der Waals surface area (Å²) in [6.07, 6.45) is 0.284. The van der Waals surface area contributed by atoms with Crippen LogP contribution >= 0.6 is 23.1 Å². The number of hydrogen-bond donors (Lipinski definition) is 1. The smallest absolute Gasteiger partial charge is 0.226 e. The molecular weight excluding hydrogens is 452 g/mol. The van der Waals surface area contributed by atoms with Gasteiger partial charge in [-0.25, -0.2) is 9.97 Å². The minimum Gasteiger partial charge on any atom is -0.494 e. The number of rotatable bonds is 8. The Morgan fingerprint density at radius 3 is 2.73 bits per heavy atom. The average Bonchev–Trinajstić information content (AvgIpc) is 3.21. The van der Waals surface area contributed by atoms with Crippen LogP contribution < -0.4 is 10.1 Å². The number of thioether (sulfide) groups is 1. The molecule has 1 N–H and O–H groups in total. The third kappa shape index (κ3) is 5.69. The number of ether oxygens (including phenoxy) is 1. The standard InChI is InChI=1S/C25H22N4O2S2/c1-3-31-19-9-11-21-22(14-19)33-25(28-21)29-23(30)12-13-32-24-18(15-26)8-10-20(27-24)17-6-4-16(2)5-7-17/h4-11,14H,3,12-13H2,1-2H3,(H,28,29,30). The summed E-state index contributed by atoms with van der Waals surface area (Å²) in [5, 5.41) is 13.5. The molecule has 2 aromatic heterocycles. The molecule has 4 rings (SSSR count). The number of thiazole rings is 1. The van der Waals surface area contributed by atoms with Gasteiger partial charge in [-0.05, 0) is 44.2 Å². The van der Waals surface area contributed by atoms with Crippen molar-refractivity contribution in [3.05, 3.63) is 65.7 Å². The number of aromatic nitrogens is 2. The van der Waals surface area contributed by atoms with Crippen molar-refractivity contribution in [1.82, 2.24) is 9.97 Å². The molecule has 33 heavy (non-hydrogen) atoms. The van der Waals surface area contributed by atoms with Crippen molar-refractivity contribution in [3.8, 4) is 23.1 Å². The number of carbonyl (C=O) groups is 1. The van der Waals surface area contributed by atoms with Gasteiger partial charge in [0.15, 0.2) is 5.13 Å². The number of aryl methyl sites for hydroxylation is 1. The summed E-state index contributed by atoms with van der Waals surface area (Å²) in [5.74, 6) is 1.17. The van der Waals surface area contributed by atoms with Gasteiger partial charge in [0.05, 0.1) is 28.1 Å². The van der Waals surface area contributed by atoms with Crippen LogP contribution in [0.1, 0.15) is 24.5 Å². The van der Waals surface area contributed by atoms with E-state index in [4.69, 9.17) is 4.74 Å². The Hall–Kier alpha value is -3.41. The van der Waals surface area contributed by atoms with Crippen molar-refractivity contribution in [1.29, 1.82) is 5.26 Å². The minimum absolute atomic E-state index is 0.125. The predicted octanol–water partition coefficient (Wildman–Crippen LogP) is 6.06. The Bertz CT molecular complexity index is 1330. The van der Waals surface area contributed by atoms with Crippen LogP contribution in [0.2, 0.25) is 0 Å². The van der Waals surface area contributed by atoms with Crippen LogP contribution in [0.3, 0.4) is 0 Å². The van der Waals surface area contributed by atoms with Crippen LogP contribution in [0.25, 0.3) is 21.5 Å². The number of benzene rings is 2. The van der Waals surface area contributed by atoms with Crippen molar-refractivity contribution in [2.75, 3.05) is 17.7 Å². The van der Waals surface area contributed by atoms with E-state index in [1.165, 1.54) is 28.7 Å². The molecule has 0 aliphatic carbocycles. The zero-order chi connectivity index (χ0) is 23.2. The topological polar surface area (TPSA) is 87.9 Å². The van der Waals surface area contributed by atoms with E-state index in [-0.39, 0.29) is 12.3 Å². The van der Waals surface area contributed by atoms with Crippen LogP contribution in [0.5, 0.6) is 5.75 Å². The molecule has 1 amide bonds. The molecule has 0 bridgehead atoms. The van der Waals surface area contributed by atoms with Gasteiger partial charge in [-0.2, -0.15) is 5.26 Å². The van der Waals surface area contributed by atoms with E-state index >= 15 is 0 Å².